The molecule has 0 spiro atoms. The molecular weight excluding hydrogens is 233 g/mol. The molecule has 0 bridgehead atoms. The van der Waals surface area contributed by atoms with E-state index in [2.05, 4.69) is 5.10 Å². The van der Waals surface area contributed by atoms with E-state index in [0.29, 0.717) is 5.69 Å². The summed E-state index contributed by atoms with van der Waals surface area (Å²) < 4.78 is 37.5. The first kappa shape index (κ1) is 11.6. The minimum absolute atomic E-state index is 0.173. The minimum Gasteiger partial charge on any atom is -0.273 e. The van der Waals surface area contributed by atoms with Crippen LogP contribution in [0.25, 0.3) is 0 Å². The van der Waals surface area contributed by atoms with E-state index in [9.17, 15) is 18.0 Å². The number of amides is 1. The number of hydrazone groups is 1. The molecule has 6 heteroatoms. The Morgan fingerprint density at radius 1 is 1.12 bits per heavy atom. The van der Waals surface area contributed by atoms with Crippen molar-refractivity contribution in [3.8, 4) is 0 Å². The quantitative estimate of drug-likeness (QED) is 0.745. The molecule has 0 aromatic heterocycles. The number of hydrogen-bond donors (Lipinski definition) is 0. The van der Waals surface area contributed by atoms with Gasteiger partial charge in [0.1, 0.15) is 5.71 Å². The number of benzene rings is 1. The first-order chi connectivity index (χ1) is 7.98. The van der Waals surface area contributed by atoms with Gasteiger partial charge < -0.3 is 0 Å². The highest BCUT2D eigenvalue weighted by Gasteiger charge is 2.39. The number of hydrogen-bond acceptors (Lipinski definition) is 2. The van der Waals surface area contributed by atoms with Crippen LogP contribution in [0, 0.1) is 0 Å². The van der Waals surface area contributed by atoms with E-state index in [1.165, 1.54) is 0 Å². The maximum absolute atomic E-state index is 12.5. The van der Waals surface area contributed by atoms with Gasteiger partial charge in [-0.15, -0.1) is 0 Å². The van der Waals surface area contributed by atoms with E-state index in [1.54, 1.807) is 30.3 Å². The molecule has 0 N–H and O–H groups in total. The lowest BCUT2D eigenvalue weighted by molar-refractivity contribution is -0.119. The van der Waals surface area contributed by atoms with Crippen molar-refractivity contribution >= 4 is 17.3 Å². The number of rotatable bonds is 1. The Morgan fingerprint density at radius 2 is 1.76 bits per heavy atom. The van der Waals surface area contributed by atoms with Crippen LogP contribution in [0.15, 0.2) is 35.4 Å². The van der Waals surface area contributed by atoms with Crippen LogP contribution in [-0.2, 0) is 4.79 Å². The number of halogens is 3. The van der Waals surface area contributed by atoms with Crippen molar-refractivity contribution in [2.45, 2.75) is 19.0 Å². The number of para-hydroxylation sites is 1. The van der Waals surface area contributed by atoms with Gasteiger partial charge in [-0.25, -0.2) is 5.01 Å². The molecule has 0 saturated heterocycles. The Labute approximate surface area is 95.5 Å². The highest BCUT2D eigenvalue weighted by molar-refractivity contribution is 6.03. The first-order valence-corrected chi connectivity index (χ1v) is 5.01. The third-order valence-electron chi connectivity index (χ3n) is 2.36. The molecule has 1 aliphatic heterocycles. The second-order valence-corrected chi connectivity index (χ2v) is 3.59. The van der Waals surface area contributed by atoms with Crippen molar-refractivity contribution in [1.82, 2.24) is 0 Å². The van der Waals surface area contributed by atoms with Crippen molar-refractivity contribution in [2.24, 2.45) is 5.10 Å². The van der Waals surface area contributed by atoms with Gasteiger partial charge in [-0.1, -0.05) is 18.2 Å². The van der Waals surface area contributed by atoms with Crippen LogP contribution >= 0.6 is 0 Å². The molecule has 1 aromatic carbocycles. The van der Waals surface area contributed by atoms with Gasteiger partial charge in [-0.05, 0) is 12.1 Å². The van der Waals surface area contributed by atoms with Crippen LogP contribution in [0.5, 0.6) is 0 Å². The van der Waals surface area contributed by atoms with Crippen molar-refractivity contribution < 1.29 is 18.0 Å². The van der Waals surface area contributed by atoms with Gasteiger partial charge in [0.25, 0.3) is 0 Å². The second kappa shape index (κ2) is 4.20. The molecule has 0 unspecified atom stereocenters. The van der Waals surface area contributed by atoms with E-state index in [1.807, 2.05) is 0 Å². The molecule has 0 aliphatic carbocycles. The molecule has 0 saturated carbocycles. The van der Waals surface area contributed by atoms with Gasteiger partial charge in [-0.2, -0.15) is 18.3 Å². The summed E-state index contributed by atoms with van der Waals surface area (Å²) in [7, 11) is 0. The maximum atomic E-state index is 12.5. The Kier molecular flexibility index (Phi) is 2.87. The monoisotopic (exact) mass is 242 g/mol. The molecule has 0 radical (unpaired) electrons. The number of carbonyl (C=O) groups is 1. The van der Waals surface area contributed by atoms with Gasteiger partial charge in [0, 0.05) is 12.8 Å². The third kappa shape index (κ3) is 2.46. The summed E-state index contributed by atoms with van der Waals surface area (Å²) in [5.41, 5.74) is -0.570. The van der Waals surface area contributed by atoms with Crippen LogP contribution < -0.4 is 5.01 Å². The predicted octanol–water partition coefficient (Wildman–Crippen LogP) is 2.73. The zero-order valence-electron chi connectivity index (χ0n) is 8.74. The van der Waals surface area contributed by atoms with Crippen molar-refractivity contribution in [2.75, 3.05) is 5.01 Å². The molecule has 0 fully saturated rings. The minimum atomic E-state index is -4.48. The first-order valence-electron chi connectivity index (χ1n) is 5.01. The predicted molar refractivity (Wildman–Crippen MR) is 56.7 cm³/mol. The number of carbonyl (C=O) groups excluding carboxylic acids is 1. The van der Waals surface area contributed by atoms with Crippen molar-refractivity contribution in [3.63, 3.8) is 0 Å². The lowest BCUT2D eigenvalue weighted by Gasteiger charge is -2.24. The molecule has 1 aromatic rings. The van der Waals surface area contributed by atoms with E-state index >= 15 is 0 Å². The standard InChI is InChI=1S/C11H9F3N2O/c12-11(13,14)9-6-7-10(17)16(15-9)8-4-2-1-3-5-8/h1-5H,6-7H2. The fraction of sp³-hybridized carbons (Fsp3) is 0.273. The number of nitrogens with zero attached hydrogens (tertiary/aromatic N) is 2. The molecule has 2 rings (SSSR count). The van der Waals surface area contributed by atoms with E-state index in [0.717, 1.165) is 5.01 Å². The summed E-state index contributed by atoms with van der Waals surface area (Å²) in [5, 5.41) is 4.19. The summed E-state index contributed by atoms with van der Waals surface area (Å²) in [4.78, 5) is 11.5. The Morgan fingerprint density at radius 3 is 2.35 bits per heavy atom. The fourth-order valence-corrected chi connectivity index (χ4v) is 1.53. The molecule has 1 aliphatic rings. The molecule has 1 heterocycles. The Hall–Kier alpha value is -1.85. The average Bonchev–Trinajstić information content (AvgIpc) is 2.29. The van der Waals surface area contributed by atoms with Crippen molar-refractivity contribution in [3.05, 3.63) is 30.3 Å². The van der Waals surface area contributed by atoms with Crippen LogP contribution in [0.1, 0.15) is 12.8 Å². The Bertz CT molecular complexity index is 454. The highest BCUT2D eigenvalue weighted by atomic mass is 19.4. The maximum Gasteiger partial charge on any atom is 0.431 e. The molecule has 3 nitrogen and oxygen atoms in total. The zero-order valence-corrected chi connectivity index (χ0v) is 8.74. The average molecular weight is 242 g/mol. The SMILES string of the molecule is O=C1CCC(C(F)(F)F)=NN1c1ccccc1. The summed E-state index contributed by atoms with van der Waals surface area (Å²) in [5.74, 6) is -0.427. The topological polar surface area (TPSA) is 32.7 Å². The lowest BCUT2D eigenvalue weighted by atomic mass is 10.1. The van der Waals surface area contributed by atoms with E-state index < -0.39 is 17.8 Å². The van der Waals surface area contributed by atoms with Crippen LogP contribution in [0.4, 0.5) is 18.9 Å². The second-order valence-electron chi connectivity index (χ2n) is 3.59. The van der Waals surface area contributed by atoms with Gasteiger partial charge in [0.2, 0.25) is 5.91 Å². The highest BCUT2D eigenvalue weighted by Crippen LogP contribution is 2.27. The number of alkyl halides is 3. The van der Waals surface area contributed by atoms with Gasteiger partial charge >= 0.3 is 6.18 Å². The van der Waals surface area contributed by atoms with Crippen LogP contribution in [0.2, 0.25) is 0 Å². The van der Waals surface area contributed by atoms with Gasteiger partial charge in [-0.3, -0.25) is 4.79 Å². The van der Waals surface area contributed by atoms with E-state index in [4.69, 9.17) is 0 Å². The summed E-state index contributed by atoms with van der Waals surface area (Å²) in [6.07, 6.45) is -5.01. The van der Waals surface area contributed by atoms with Crippen molar-refractivity contribution in [1.29, 1.82) is 0 Å². The molecule has 90 valence electrons. The third-order valence-corrected chi connectivity index (χ3v) is 2.36. The largest absolute Gasteiger partial charge is 0.431 e. The van der Waals surface area contributed by atoms with Crippen LogP contribution in [0.3, 0.4) is 0 Å². The normalized spacial score (nSPS) is 17.0. The molecule has 0 atom stereocenters. The summed E-state index contributed by atoms with van der Waals surface area (Å²) in [6, 6.07) is 8.08. The fourth-order valence-electron chi connectivity index (χ4n) is 1.53. The lowest BCUT2D eigenvalue weighted by Crippen LogP contribution is -2.37. The van der Waals surface area contributed by atoms with E-state index in [-0.39, 0.29) is 12.8 Å². The summed E-state index contributed by atoms with van der Waals surface area (Å²) in [6.45, 7) is 0. The summed E-state index contributed by atoms with van der Waals surface area (Å²) >= 11 is 0. The molecule has 17 heavy (non-hydrogen) atoms. The zero-order chi connectivity index (χ0) is 12.5. The van der Waals surface area contributed by atoms with Gasteiger partial charge in [0.05, 0.1) is 5.69 Å². The Balaban J connectivity index is 2.36. The molecular formula is C11H9F3N2O. The van der Waals surface area contributed by atoms with Crippen LogP contribution in [-0.4, -0.2) is 17.8 Å². The number of anilines is 1. The van der Waals surface area contributed by atoms with Gasteiger partial charge in [0.15, 0.2) is 0 Å². The smallest absolute Gasteiger partial charge is 0.273 e. The molecule has 1 amide bonds.